The van der Waals surface area contributed by atoms with Gasteiger partial charge >= 0.3 is 5.97 Å². The van der Waals surface area contributed by atoms with Gasteiger partial charge in [0.2, 0.25) is 0 Å². The fraction of sp³-hybridized carbons (Fsp3) is 0.265. The molecule has 0 N–H and O–H groups in total. The van der Waals surface area contributed by atoms with E-state index in [9.17, 15) is 9.59 Å². The molecule has 2 heterocycles. The minimum absolute atomic E-state index is 0.211. The number of esters is 1. The molecule has 13 heteroatoms. The highest BCUT2D eigenvalue weighted by Gasteiger charge is 2.31. The minimum Gasteiger partial charge on any atom is -0.490 e. The molecule has 0 bridgehead atoms. The third-order valence-corrected chi connectivity index (χ3v) is 9.41. The molecule has 0 unspecified atom stereocenters. The van der Waals surface area contributed by atoms with Crippen molar-refractivity contribution in [3.63, 3.8) is 0 Å². The Kier molecular flexibility index (Phi) is 11.5. The van der Waals surface area contributed by atoms with Crippen molar-refractivity contribution in [2.24, 2.45) is 4.99 Å². The summed E-state index contributed by atoms with van der Waals surface area (Å²) in [5.74, 6) is 1.56. The van der Waals surface area contributed by atoms with E-state index in [1.54, 1.807) is 30.3 Å². The maximum atomic E-state index is 14.1. The Bertz CT molecular complexity index is 2030. The predicted molar refractivity (Wildman–Crippen MR) is 191 cm³/mol. The van der Waals surface area contributed by atoms with Crippen molar-refractivity contribution in [2.75, 3.05) is 26.9 Å². The average molecular weight is 810 g/mol. The number of fused-ring (bicyclic) bond motifs is 1. The lowest BCUT2D eigenvalue weighted by Crippen LogP contribution is -2.39. The van der Waals surface area contributed by atoms with Gasteiger partial charge in [-0.1, -0.05) is 46.7 Å². The summed E-state index contributed by atoms with van der Waals surface area (Å²) in [7, 11) is 1.30. The van der Waals surface area contributed by atoms with Gasteiger partial charge in [0.05, 0.1) is 46.6 Å². The molecule has 5 rings (SSSR count). The Labute approximate surface area is 299 Å². The SMILES string of the molecule is CCOc1ccc([C@H]2C(C(=O)OC)=CN=c3s/c(=C/c4cc(I)c(OCc5ccc(Cl)cc5Cl)c(OCC)c4)c(=O)n32)cc1OCC. The Morgan fingerprint density at radius 3 is 2.38 bits per heavy atom. The molecule has 47 heavy (non-hydrogen) atoms. The summed E-state index contributed by atoms with van der Waals surface area (Å²) in [5.41, 5.74) is 2.05. The van der Waals surface area contributed by atoms with Crippen LogP contribution in [0, 0.1) is 3.57 Å². The molecule has 0 radical (unpaired) electrons. The number of nitrogens with zero attached hydrogens (tertiary/aromatic N) is 2. The second kappa shape index (κ2) is 15.6. The molecule has 1 aromatic heterocycles. The maximum Gasteiger partial charge on any atom is 0.337 e. The number of thiazole rings is 1. The van der Waals surface area contributed by atoms with Gasteiger partial charge in [0, 0.05) is 21.8 Å². The molecule has 0 fully saturated rings. The summed E-state index contributed by atoms with van der Waals surface area (Å²) in [6.45, 7) is 7.12. The number of carbonyl (C=O) groups is 1. The van der Waals surface area contributed by atoms with Crippen molar-refractivity contribution < 1.29 is 28.5 Å². The Morgan fingerprint density at radius 1 is 0.957 bits per heavy atom. The first kappa shape index (κ1) is 34.8. The van der Waals surface area contributed by atoms with Gasteiger partial charge < -0.3 is 23.7 Å². The first-order valence-electron chi connectivity index (χ1n) is 14.7. The highest BCUT2D eigenvalue weighted by Crippen LogP contribution is 2.37. The molecule has 0 saturated carbocycles. The van der Waals surface area contributed by atoms with Crippen LogP contribution < -0.4 is 33.8 Å². The van der Waals surface area contributed by atoms with Crippen LogP contribution in [0.3, 0.4) is 0 Å². The number of methoxy groups -OCH3 is 1. The van der Waals surface area contributed by atoms with Crippen LogP contribution in [-0.2, 0) is 16.1 Å². The number of carbonyl (C=O) groups excluding carboxylic acids is 1. The van der Waals surface area contributed by atoms with Crippen LogP contribution in [-0.4, -0.2) is 37.5 Å². The summed E-state index contributed by atoms with van der Waals surface area (Å²) in [6.07, 6.45) is 3.23. The highest BCUT2D eigenvalue weighted by atomic mass is 127. The van der Waals surface area contributed by atoms with E-state index in [0.29, 0.717) is 67.8 Å². The smallest absolute Gasteiger partial charge is 0.337 e. The molecule has 0 saturated heterocycles. The molecular weight excluding hydrogens is 778 g/mol. The fourth-order valence-corrected chi connectivity index (χ4v) is 7.22. The summed E-state index contributed by atoms with van der Waals surface area (Å²) in [5, 5.41) is 1.05. The van der Waals surface area contributed by atoms with Crippen LogP contribution in [0.1, 0.15) is 43.5 Å². The second-order valence-corrected chi connectivity index (χ2v) is 13.1. The molecular formula is C34H31Cl2IN2O7S. The number of ether oxygens (including phenoxy) is 5. The third kappa shape index (κ3) is 7.64. The van der Waals surface area contributed by atoms with Gasteiger partial charge in [-0.05, 0) is 97.0 Å². The summed E-state index contributed by atoms with van der Waals surface area (Å²) in [6, 6.07) is 13.5. The number of hydrogen-bond donors (Lipinski definition) is 0. The Balaban J connectivity index is 1.57. The van der Waals surface area contributed by atoms with Crippen molar-refractivity contribution in [2.45, 2.75) is 33.4 Å². The standard InChI is InChI=1S/C34H31Cl2IN2O7S/c1-5-43-26-11-9-20(15-27(26)44-6-2)30-23(33(41)42-4)17-38-34-39(30)32(40)29(47-34)14-19-12-25(37)31(28(13-19)45-7-3)46-18-21-8-10-22(35)16-24(21)36/h8-17,30H,5-7,18H2,1-4H3/b29-14+/t30-/m0/s1. The zero-order valence-corrected chi connectivity index (χ0v) is 30.5. The number of halogens is 3. The molecule has 1 aliphatic rings. The lowest BCUT2D eigenvalue weighted by atomic mass is 9.97. The second-order valence-electron chi connectivity index (χ2n) is 10.0. The fourth-order valence-electron chi connectivity index (χ4n) is 5.00. The van der Waals surface area contributed by atoms with Crippen molar-refractivity contribution in [3.8, 4) is 23.0 Å². The first-order chi connectivity index (χ1) is 22.7. The maximum absolute atomic E-state index is 14.1. The molecule has 1 aliphatic heterocycles. The minimum atomic E-state index is -0.801. The van der Waals surface area contributed by atoms with Crippen molar-refractivity contribution in [1.29, 1.82) is 0 Å². The summed E-state index contributed by atoms with van der Waals surface area (Å²) >= 11 is 15.8. The third-order valence-electron chi connectivity index (χ3n) is 7.02. The largest absolute Gasteiger partial charge is 0.490 e. The van der Waals surface area contributed by atoms with E-state index >= 15 is 0 Å². The van der Waals surface area contributed by atoms with Crippen LogP contribution in [0.15, 0.2) is 70.1 Å². The Morgan fingerprint density at radius 2 is 1.68 bits per heavy atom. The van der Waals surface area contributed by atoms with Gasteiger partial charge in [0.15, 0.2) is 27.8 Å². The molecule has 0 aliphatic carbocycles. The van der Waals surface area contributed by atoms with E-state index in [0.717, 1.165) is 14.7 Å². The number of aromatic nitrogens is 1. The van der Waals surface area contributed by atoms with Crippen molar-refractivity contribution in [3.05, 3.63) is 110 Å². The zero-order valence-electron chi connectivity index (χ0n) is 26.0. The summed E-state index contributed by atoms with van der Waals surface area (Å²) < 4.78 is 31.5. The lowest BCUT2D eigenvalue weighted by Gasteiger charge is -2.23. The normalized spacial score (nSPS) is 14.1. The van der Waals surface area contributed by atoms with Crippen LogP contribution in [0.5, 0.6) is 23.0 Å². The van der Waals surface area contributed by atoms with Gasteiger partial charge in [-0.2, -0.15) is 0 Å². The quantitative estimate of drug-likeness (QED) is 0.116. The number of hydrogen-bond acceptors (Lipinski definition) is 9. The van der Waals surface area contributed by atoms with E-state index in [1.165, 1.54) is 29.2 Å². The average Bonchev–Trinajstić information content (AvgIpc) is 3.36. The van der Waals surface area contributed by atoms with Crippen molar-refractivity contribution in [1.82, 2.24) is 4.57 Å². The van der Waals surface area contributed by atoms with Crippen LogP contribution in [0.4, 0.5) is 0 Å². The molecule has 3 aromatic carbocycles. The van der Waals surface area contributed by atoms with Crippen molar-refractivity contribution >= 4 is 69.2 Å². The molecule has 1 atom stereocenters. The summed E-state index contributed by atoms with van der Waals surface area (Å²) in [4.78, 5) is 31.9. The highest BCUT2D eigenvalue weighted by molar-refractivity contribution is 14.1. The molecule has 0 amide bonds. The molecule has 0 spiro atoms. The van der Waals surface area contributed by atoms with E-state index in [-0.39, 0.29) is 17.7 Å². The van der Waals surface area contributed by atoms with E-state index in [4.69, 9.17) is 46.9 Å². The lowest BCUT2D eigenvalue weighted by molar-refractivity contribution is -0.136. The van der Waals surface area contributed by atoms with E-state index < -0.39 is 12.0 Å². The van der Waals surface area contributed by atoms with Gasteiger partial charge in [-0.15, -0.1) is 0 Å². The van der Waals surface area contributed by atoms with E-state index in [1.807, 2.05) is 45.0 Å². The molecule has 9 nitrogen and oxygen atoms in total. The van der Waals surface area contributed by atoms with Crippen LogP contribution in [0.2, 0.25) is 10.0 Å². The Hall–Kier alpha value is -3.52. The first-order valence-corrected chi connectivity index (χ1v) is 17.4. The number of benzene rings is 3. The van der Waals surface area contributed by atoms with Gasteiger partial charge in [-0.3, -0.25) is 9.36 Å². The zero-order chi connectivity index (χ0) is 33.7. The van der Waals surface area contributed by atoms with Gasteiger partial charge in [0.25, 0.3) is 5.56 Å². The van der Waals surface area contributed by atoms with Gasteiger partial charge in [-0.25, -0.2) is 9.79 Å². The topological polar surface area (TPSA) is 97.6 Å². The van der Waals surface area contributed by atoms with E-state index in [2.05, 4.69) is 27.6 Å². The predicted octanol–water partition coefficient (Wildman–Crippen LogP) is 6.70. The van der Waals surface area contributed by atoms with Gasteiger partial charge in [0.1, 0.15) is 6.61 Å². The molecule has 4 aromatic rings. The number of rotatable bonds is 12. The monoisotopic (exact) mass is 808 g/mol. The van der Waals surface area contributed by atoms with Crippen LogP contribution in [0.25, 0.3) is 6.08 Å². The molecule has 246 valence electrons. The van der Waals surface area contributed by atoms with Crippen LogP contribution >= 0.6 is 57.1 Å².